The number of aryl methyl sites for hydroxylation is 1. The summed E-state index contributed by atoms with van der Waals surface area (Å²) in [5.74, 6) is -0.0383. The van der Waals surface area contributed by atoms with Crippen molar-refractivity contribution < 1.29 is 4.79 Å². The lowest BCUT2D eigenvalue weighted by Gasteiger charge is -2.04. The van der Waals surface area contributed by atoms with Crippen molar-refractivity contribution in [3.63, 3.8) is 0 Å². The topological polar surface area (TPSA) is 42.0 Å². The first-order valence-corrected chi connectivity index (χ1v) is 8.31. The summed E-state index contributed by atoms with van der Waals surface area (Å²) >= 11 is 3.24. The van der Waals surface area contributed by atoms with Crippen LogP contribution in [0.4, 0.5) is 5.69 Å². The summed E-state index contributed by atoms with van der Waals surface area (Å²) < 4.78 is 0. The molecule has 5 heteroatoms. The molecule has 0 saturated heterocycles. The molecule has 0 bridgehead atoms. The van der Waals surface area contributed by atoms with Crippen molar-refractivity contribution in [2.24, 2.45) is 0 Å². The van der Waals surface area contributed by atoms with E-state index in [9.17, 15) is 4.79 Å². The second kappa shape index (κ2) is 6.20. The first-order valence-electron chi connectivity index (χ1n) is 6.55. The van der Waals surface area contributed by atoms with Gasteiger partial charge in [0.15, 0.2) is 0 Å². The van der Waals surface area contributed by atoms with E-state index in [2.05, 4.69) is 10.3 Å². The van der Waals surface area contributed by atoms with Gasteiger partial charge >= 0.3 is 0 Å². The molecule has 0 aliphatic heterocycles. The number of benzene rings is 1. The molecule has 0 fully saturated rings. The van der Waals surface area contributed by atoms with Gasteiger partial charge in [-0.15, -0.1) is 22.7 Å². The molecule has 106 valence electrons. The molecule has 3 aromatic rings. The van der Waals surface area contributed by atoms with E-state index in [-0.39, 0.29) is 5.91 Å². The molecule has 21 heavy (non-hydrogen) atoms. The van der Waals surface area contributed by atoms with Crippen molar-refractivity contribution in [3.8, 4) is 9.88 Å². The van der Waals surface area contributed by atoms with Gasteiger partial charge < -0.3 is 5.32 Å². The van der Waals surface area contributed by atoms with E-state index in [1.165, 1.54) is 0 Å². The number of nitrogens with zero attached hydrogens (tertiary/aromatic N) is 1. The highest BCUT2D eigenvalue weighted by Gasteiger charge is 2.10. The Balaban J connectivity index is 1.65. The van der Waals surface area contributed by atoms with Crippen LogP contribution in [0.15, 0.2) is 47.2 Å². The number of carbonyl (C=O) groups is 1. The highest BCUT2D eigenvalue weighted by atomic mass is 32.1. The Bertz CT molecular complexity index is 747. The Morgan fingerprint density at radius 2 is 2.14 bits per heavy atom. The van der Waals surface area contributed by atoms with Crippen LogP contribution in [0.5, 0.6) is 0 Å². The Labute approximate surface area is 131 Å². The van der Waals surface area contributed by atoms with Crippen molar-refractivity contribution in [1.82, 2.24) is 4.98 Å². The largest absolute Gasteiger partial charge is 0.326 e. The molecular formula is C16H14N2OS2. The van der Waals surface area contributed by atoms with Crippen molar-refractivity contribution >= 4 is 34.3 Å². The smallest absolute Gasteiger partial charge is 0.230 e. The minimum absolute atomic E-state index is 0.0383. The molecule has 0 radical (unpaired) electrons. The molecular weight excluding hydrogens is 300 g/mol. The highest BCUT2D eigenvalue weighted by molar-refractivity contribution is 7.20. The first-order chi connectivity index (χ1) is 10.2. The van der Waals surface area contributed by atoms with Gasteiger partial charge in [0, 0.05) is 11.1 Å². The fourth-order valence-electron chi connectivity index (χ4n) is 1.99. The van der Waals surface area contributed by atoms with E-state index in [0.29, 0.717) is 6.42 Å². The summed E-state index contributed by atoms with van der Waals surface area (Å²) in [6.07, 6.45) is 0.301. The zero-order valence-corrected chi connectivity index (χ0v) is 13.1. The molecule has 0 atom stereocenters. The highest BCUT2D eigenvalue weighted by Crippen LogP contribution is 2.27. The Morgan fingerprint density at radius 3 is 2.90 bits per heavy atom. The van der Waals surface area contributed by atoms with Crippen LogP contribution in [0, 0.1) is 6.92 Å². The molecule has 0 saturated carbocycles. The van der Waals surface area contributed by atoms with Crippen molar-refractivity contribution in [3.05, 3.63) is 58.4 Å². The van der Waals surface area contributed by atoms with Gasteiger partial charge in [0.25, 0.3) is 0 Å². The van der Waals surface area contributed by atoms with Crippen LogP contribution in [0.2, 0.25) is 0 Å². The normalized spacial score (nSPS) is 10.5. The number of rotatable bonds is 4. The third-order valence-corrected chi connectivity index (χ3v) is 4.86. The Kier molecular flexibility index (Phi) is 4.13. The van der Waals surface area contributed by atoms with E-state index in [4.69, 9.17) is 0 Å². The average Bonchev–Trinajstić information content (AvgIpc) is 3.08. The summed E-state index contributed by atoms with van der Waals surface area (Å²) in [4.78, 5) is 17.7. The summed E-state index contributed by atoms with van der Waals surface area (Å²) in [5, 5.41) is 7.86. The maximum Gasteiger partial charge on any atom is 0.230 e. The summed E-state index contributed by atoms with van der Waals surface area (Å²) in [6, 6.07) is 11.8. The quantitative estimate of drug-likeness (QED) is 0.777. The van der Waals surface area contributed by atoms with Crippen LogP contribution < -0.4 is 5.32 Å². The molecule has 0 aliphatic rings. The second-order valence-electron chi connectivity index (χ2n) is 4.72. The number of hydrogen-bond donors (Lipinski definition) is 1. The lowest BCUT2D eigenvalue weighted by atomic mass is 10.2. The molecule has 2 aromatic heterocycles. The van der Waals surface area contributed by atoms with Gasteiger partial charge in [0.05, 0.1) is 17.0 Å². The maximum absolute atomic E-state index is 12.0. The van der Waals surface area contributed by atoms with Crippen LogP contribution in [0.3, 0.4) is 0 Å². The van der Waals surface area contributed by atoms with Crippen LogP contribution in [0.25, 0.3) is 9.88 Å². The molecule has 0 spiro atoms. The predicted octanol–water partition coefficient (Wildman–Crippen LogP) is 4.36. The van der Waals surface area contributed by atoms with E-state index in [0.717, 1.165) is 26.8 Å². The van der Waals surface area contributed by atoms with Crippen LogP contribution in [0.1, 0.15) is 11.3 Å². The summed E-state index contributed by atoms with van der Waals surface area (Å²) in [6.45, 7) is 2.00. The van der Waals surface area contributed by atoms with Crippen molar-refractivity contribution in [2.75, 3.05) is 5.32 Å². The first kappa shape index (κ1) is 14.0. The Hall–Kier alpha value is -1.98. The summed E-state index contributed by atoms with van der Waals surface area (Å²) in [7, 11) is 0. The molecule has 2 heterocycles. The molecule has 1 N–H and O–H groups in total. The standard InChI is InChI=1S/C16H14N2OS2/c1-11-4-2-5-12(8-11)17-15(19)9-13-10-21-16(18-13)14-6-3-7-20-14/h2-8,10H,9H2,1H3,(H,17,19). The number of thiazole rings is 1. The average molecular weight is 314 g/mol. The molecule has 3 nitrogen and oxygen atoms in total. The number of nitrogens with one attached hydrogen (secondary N) is 1. The zero-order valence-electron chi connectivity index (χ0n) is 11.5. The fraction of sp³-hybridized carbons (Fsp3) is 0.125. The van der Waals surface area contributed by atoms with Crippen LogP contribution in [-0.2, 0) is 11.2 Å². The number of thiophene rings is 1. The number of carbonyl (C=O) groups excluding carboxylic acids is 1. The van der Waals surface area contributed by atoms with Crippen molar-refractivity contribution in [2.45, 2.75) is 13.3 Å². The van der Waals surface area contributed by atoms with Gasteiger partial charge in [-0.3, -0.25) is 4.79 Å². The number of aromatic nitrogens is 1. The molecule has 1 amide bonds. The van der Waals surface area contributed by atoms with Gasteiger partial charge in [0.2, 0.25) is 5.91 Å². The lowest BCUT2D eigenvalue weighted by molar-refractivity contribution is -0.115. The predicted molar refractivity (Wildman–Crippen MR) is 88.9 cm³/mol. The summed E-state index contributed by atoms with van der Waals surface area (Å²) in [5.41, 5.74) is 2.77. The second-order valence-corrected chi connectivity index (χ2v) is 6.52. The third kappa shape index (κ3) is 3.56. The minimum atomic E-state index is -0.0383. The van der Waals surface area contributed by atoms with Gasteiger partial charge in [-0.2, -0.15) is 0 Å². The van der Waals surface area contributed by atoms with E-state index >= 15 is 0 Å². The Morgan fingerprint density at radius 1 is 1.24 bits per heavy atom. The lowest BCUT2D eigenvalue weighted by Crippen LogP contribution is -2.14. The molecule has 0 aliphatic carbocycles. The van der Waals surface area contributed by atoms with E-state index in [1.807, 2.05) is 54.1 Å². The van der Waals surface area contributed by atoms with Gasteiger partial charge in [-0.25, -0.2) is 4.98 Å². The molecule has 3 rings (SSSR count). The number of amides is 1. The SMILES string of the molecule is Cc1cccc(NC(=O)Cc2csc(-c3cccs3)n2)c1. The van der Waals surface area contributed by atoms with Crippen LogP contribution >= 0.6 is 22.7 Å². The third-order valence-electron chi connectivity index (χ3n) is 2.93. The van der Waals surface area contributed by atoms with Gasteiger partial charge in [-0.1, -0.05) is 18.2 Å². The fourth-order valence-corrected chi connectivity index (χ4v) is 3.63. The van der Waals surface area contributed by atoms with Gasteiger partial charge in [-0.05, 0) is 36.1 Å². The van der Waals surface area contributed by atoms with Gasteiger partial charge in [0.1, 0.15) is 5.01 Å². The van der Waals surface area contributed by atoms with E-state index < -0.39 is 0 Å². The zero-order chi connectivity index (χ0) is 14.7. The number of hydrogen-bond acceptors (Lipinski definition) is 4. The van der Waals surface area contributed by atoms with E-state index in [1.54, 1.807) is 22.7 Å². The maximum atomic E-state index is 12.0. The number of anilines is 1. The van der Waals surface area contributed by atoms with Crippen LogP contribution in [-0.4, -0.2) is 10.9 Å². The molecule has 0 unspecified atom stereocenters. The van der Waals surface area contributed by atoms with Crippen molar-refractivity contribution in [1.29, 1.82) is 0 Å². The monoisotopic (exact) mass is 314 g/mol. The minimum Gasteiger partial charge on any atom is -0.326 e. The molecule has 1 aromatic carbocycles.